The number of halogens is 5. The molecule has 0 aromatic carbocycles. The summed E-state index contributed by atoms with van der Waals surface area (Å²) in [6.07, 6.45) is -7.76. The smallest absolute Gasteiger partial charge is 0.287 e. The molecule has 0 saturated carbocycles. The quantitative estimate of drug-likeness (QED) is 0.480. The maximum atomic E-state index is 12.9. The second-order valence-corrected chi connectivity index (χ2v) is 4.72. The zero-order chi connectivity index (χ0) is 14.4. The van der Waals surface area contributed by atoms with Gasteiger partial charge < -0.3 is 0 Å². The van der Waals surface area contributed by atoms with Crippen molar-refractivity contribution in [2.45, 2.75) is 39.0 Å². The van der Waals surface area contributed by atoms with Crippen LogP contribution in [0.1, 0.15) is 20.3 Å². The summed E-state index contributed by atoms with van der Waals surface area (Å²) in [7, 11) is -4.62. The van der Waals surface area contributed by atoms with Gasteiger partial charge in [-0.05, 0) is 13.3 Å². The van der Waals surface area contributed by atoms with E-state index in [0.29, 0.717) is 6.42 Å². The van der Waals surface area contributed by atoms with Crippen molar-refractivity contribution in [1.29, 1.82) is 0 Å². The Kier molecular flexibility index (Phi) is 7.28. The summed E-state index contributed by atoms with van der Waals surface area (Å²) >= 11 is 0. The van der Waals surface area contributed by atoms with E-state index in [9.17, 15) is 26.5 Å². The van der Waals surface area contributed by atoms with Gasteiger partial charge in [0.1, 0.15) is 0 Å². The molecule has 4 nitrogen and oxygen atoms in total. The molecule has 0 bridgehead atoms. The molecule has 0 aromatic rings. The van der Waals surface area contributed by atoms with Crippen LogP contribution in [0.3, 0.4) is 0 Å². The lowest BCUT2D eigenvalue weighted by Crippen LogP contribution is -2.39. The molecule has 0 aliphatic rings. The van der Waals surface area contributed by atoms with Crippen molar-refractivity contribution in [2.75, 3.05) is 13.2 Å². The number of phosphoric acid groups is 1. The maximum Gasteiger partial charge on any atom is 0.477 e. The van der Waals surface area contributed by atoms with E-state index in [-0.39, 0.29) is 13.2 Å². The summed E-state index contributed by atoms with van der Waals surface area (Å²) < 4.78 is 85.8. The lowest BCUT2D eigenvalue weighted by Gasteiger charge is -2.23. The van der Waals surface area contributed by atoms with E-state index in [2.05, 4.69) is 13.6 Å². The second-order valence-electron chi connectivity index (χ2n) is 3.09. The van der Waals surface area contributed by atoms with E-state index in [1.54, 1.807) is 6.92 Å². The molecular weight excluding hydrogens is 286 g/mol. The molecule has 2 unspecified atom stereocenters. The summed E-state index contributed by atoms with van der Waals surface area (Å²) in [5.41, 5.74) is 0. The predicted molar refractivity (Wildman–Crippen MR) is 52.4 cm³/mol. The van der Waals surface area contributed by atoms with Gasteiger partial charge in [-0.1, -0.05) is 6.92 Å². The van der Waals surface area contributed by atoms with Crippen molar-refractivity contribution < 1.29 is 40.1 Å². The number of hydrogen-bond acceptors (Lipinski definition) is 4. The van der Waals surface area contributed by atoms with Crippen molar-refractivity contribution in [1.82, 2.24) is 0 Å². The summed E-state index contributed by atoms with van der Waals surface area (Å²) in [5.74, 6) is -5.09. The van der Waals surface area contributed by atoms with Gasteiger partial charge in [-0.15, -0.1) is 0 Å². The van der Waals surface area contributed by atoms with E-state index in [4.69, 9.17) is 0 Å². The fourth-order valence-corrected chi connectivity index (χ4v) is 2.03. The Morgan fingerprint density at radius 2 is 1.72 bits per heavy atom. The van der Waals surface area contributed by atoms with Crippen molar-refractivity contribution in [3.63, 3.8) is 0 Å². The lowest BCUT2D eigenvalue weighted by atomic mass is 10.4. The van der Waals surface area contributed by atoms with E-state index in [1.807, 2.05) is 0 Å². The first-order valence-electron chi connectivity index (χ1n) is 5.07. The van der Waals surface area contributed by atoms with Gasteiger partial charge in [-0.2, -0.15) is 8.78 Å². The van der Waals surface area contributed by atoms with Crippen LogP contribution in [0.5, 0.6) is 0 Å². The van der Waals surface area contributed by atoms with E-state index >= 15 is 0 Å². The van der Waals surface area contributed by atoms with Crippen LogP contribution in [-0.4, -0.2) is 31.9 Å². The first-order valence-corrected chi connectivity index (χ1v) is 6.53. The molecule has 0 N–H and O–H groups in total. The molecule has 0 aliphatic heterocycles. The highest BCUT2D eigenvalue weighted by Crippen LogP contribution is 2.52. The van der Waals surface area contributed by atoms with Gasteiger partial charge in [0.25, 0.3) is 6.36 Å². The van der Waals surface area contributed by atoms with Gasteiger partial charge in [0.2, 0.25) is 0 Å². The minimum Gasteiger partial charge on any atom is -0.287 e. The topological polar surface area (TPSA) is 44.8 Å². The molecule has 0 saturated heterocycles. The van der Waals surface area contributed by atoms with Crippen LogP contribution >= 0.6 is 7.82 Å². The lowest BCUT2D eigenvalue weighted by molar-refractivity contribution is -0.226. The second kappa shape index (κ2) is 7.37. The average Bonchev–Trinajstić information content (AvgIpc) is 2.26. The first-order chi connectivity index (χ1) is 8.19. The van der Waals surface area contributed by atoms with Crippen LogP contribution in [0.25, 0.3) is 0 Å². The van der Waals surface area contributed by atoms with E-state index in [1.165, 1.54) is 6.92 Å². The Morgan fingerprint density at radius 3 is 2.11 bits per heavy atom. The molecule has 0 radical (unpaired) electrons. The number of rotatable bonds is 9. The maximum absolute atomic E-state index is 12.9. The Balaban J connectivity index is 4.72. The zero-order valence-corrected chi connectivity index (χ0v) is 10.6. The third-order valence-electron chi connectivity index (χ3n) is 1.56. The van der Waals surface area contributed by atoms with Crippen LogP contribution in [0.2, 0.25) is 0 Å². The highest BCUT2D eigenvalue weighted by molar-refractivity contribution is 7.48. The summed E-state index contributed by atoms with van der Waals surface area (Å²) in [6, 6.07) is 0. The van der Waals surface area contributed by atoms with Crippen LogP contribution in [-0.2, 0) is 18.1 Å². The highest BCUT2D eigenvalue weighted by atomic mass is 31.2. The molecule has 10 heteroatoms. The van der Waals surface area contributed by atoms with Crippen molar-refractivity contribution in [2.24, 2.45) is 0 Å². The summed E-state index contributed by atoms with van der Waals surface area (Å²) in [6.45, 7) is 2.42. The molecule has 2 atom stereocenters. The Hall–Kier alpha value is -0.240. The van der Waals surface area contributed by atoms with E-state index < -0.39 is 26.5 Å². The average molecular weight is 300 g/mol. The third kappa shape index (κ3) is 5.17. The normalized spacial score (nSPS) is 17.8. The summed E-state index contributed by atoms with van der Waals surface area (Å²) in [4.78, 5) is 0. The van der Waals surface area contributed by atoms with E-state index in [0.717, 1.165) is 0 Å². The molecule has 0 amide bonds. The van der Waals surface area contributed by atoms with Crippen molar-refractivity contribution in [3.8, 4) is 0 Å². The molecule has 0 heterocycles. The van der Waals surface area contributed by atoms with Crippen molar-refractivity contribution in [3.05, 3.63) is 0 Å². The summed E-state index contributed by atoms with van der Waals surface area (Å²) in [5, 5.41) is 0. The molecule has 0 spiro atoms. The Bertz CT molecular complexity index is 289. The zero-order valence-electron chi connectivity index (χ0n) is 9.75. The number of phosphoric ester groups is 1. The fourth-order valence-electron chi connectivity index (χ4n) is 0.742. The molecule has 0 rings (SSSR count). The third-order valence-corrected chi connectivity index (χ3v) is 3.07. The Morgan fingerprint density at radius 1 is 1.17 bits per heavy atom. The minimum atomic E-state index is -5.09. The Labute approximate surface area is 101 Å². The fraction of sp³-hybridized carbons (Fsp3) is 1.00. The van der Waals surface area contributed by atoms with Crippen LogP contribution in [0.15, 0.2) is 0 Å². The van der Waals surface area contributed by atoms with Crippen molar-refractivity contribution >= 4 is 7.82 Å². The molecule has 110 valence electrons. The standard InChI is InChI=1S/C8H14F5O4P/c1-3-5-16-18(14,15-4-2)17-7(11)8(12,13)6(9)10/h6-7H,3-5H2,1-2H3. The molecule has 0 aliphatic carbocycles. The number of hydrogen-bond donors (Lipinski definition) is 0. The molecule has 0 aromatic heterocycles. The van der Waals surface area contributed by atoms with Gasteiger partial charge in [0.05, 0.1) is 13.2 Å². The highest BCUT2D eigenvalue weighted by Gasteiger charge is 2.53. The number of alkyl halides is 5. The molecular formula is C8H14F5O4P. The van der Waals surface area contributed by atoms with Gasteiger partial charge in [0.15, 0.2) is 0 Å². The van der Waals surface area contributed by atoms with Gasteiger partial charge in [0, 0.05) is 0 Å². The van der Waals surface area contributed by atoms with Gasteiger partial charge >= 0.3 is 20.2 Å². The SMILES string of the molecule is CCCOP(=O)(OCC)OC(F)C(F)(F)C(F)F. The predicted octanol–water partition coefficient (Wildman–Crippen LogP) is 3.77. The molecule has 18 heavy (non-hydrogen) atoms. The van der Waals surface area contributed by atoms with Crippen LogP contribution in [0, 0.1) is 0 Å². The van der Waals surface area contributed by atoms with Gasteiger partial charge in [-0.25, -0.2) is 22.3 Å². The minimum absolute atomic E-state index is 0.218. The van der Waals surface area contributed by atoms with Crippen LogP contribution in [0.4, 0.5) is 22.0 Å². The largest absolute Gasteiger partial charge is 0.477 e. The first kappa shape index (κ1) is 17.8. The van der Waals surface area contributed by atoms with Gasteiger partial charge in [-0.3, -0.25) is 9.05 Å². The monoisotopic (exact) mass is 300 g/mol. The van der Waals surface area contributed by atoms with Crippen LogP contribution < -0.4 is 0 Å². The molecule has 0 fully saturated rings.